The molecule has 0 aliphatic rings. The fraction of sp³-hybridized carbons (Fsp3) is 0.350. The van der Waals surface area contributed by atoms with Crippen LogP contribution >= 0.6 is 0 Å². The first-order chi connectivity index (χ1) is 14.7. The van der Waals surface area contributed by atoms with Crippen molar-refractivity contribution in [3.05, 3.63) is 41.8 Å². The minimum Gasteiger partial charge on any atom is -0.365 e. The molecule has 0 aliphatic heterocycles. The second-order valence-electron chi connectivity index (χ2n) is 7.18. The molecule has 0 spiro atoms. The topological polar surface area (TPSA) is 124 Å². The fourth-order valence-electron chi connectivity index (χ4n) is 3.27. The predicted octanol–water partition coefficient (Wildman–Crippen LogP) is 3.22. The third kappa shape index (κ3) is 4.88. The molecule has 166 valence electrons. The van der Waals surface area contributed by atoms with Crippen molar-refractivity contribution in [2.24, 2.45) is 11.5 Å². The lowest BCUT2D eigenvalue weighted by atomic mass is 10.1. The van der Waals surface area contributed by atoms with Gasteiger partial charge < -0.3 is 22.1 Å². The summed E-state index contributed by atoms with van der Waals surface area (Å²) >= 11 is 0. The minimum absolute atomic E-state index is 0.0186. The zero-order chi connectivity index (χ0) is 22.7. The maximum atomic E-state index is 14.6. The van der Waals surface area contributed by atoms with Crippen molar-refractivity contribution in [1.82, 2.24) is 14.8 Å². The standard InChI is InChI=1S/C20H24F3N7O/c1-3-14(10(2)24)27-20-13(21)7-11(18(25)31)19(29-20)28-15-5-4-6-16-12(15)8-26-30(16)9-17(22)23/h4-8,10,14,17H,3,9,24H2,1-2H3,(H2,25,31)(H2,27,28,29)/t10-,14+/m0/s1. The summed E-state index contributed by atoms with van der Waals surface area (Å²) in [6, 6.07) is 5.43. The number of amides is 1. The van der Waals surface area contributed by atoms with Gasteiger partial charge in [0.15, 0.2) is 11.6 Å². The van der Waals surface area contributed by atoms with Crippen LogP contribution < -0.4 is 22.1 Å². The molecule has 2 aromatic heterocycles. The van der Waals surface area contributed by atoms with Gasteiger partial charge in [0, 0.05) is 17.5 Å². The molecule has 1 amide bonds. The maximum Gasteiger partial charge on any atom is 0.257 e. The molecule has 3 rings (SSSR count). The number of anilines is 3. The van der Waals surface area contributed by atoms with Gasteiger partial charge in [-0.3, -0.25) is 9.48 Å². The molecular weight excluding hydrogens is 411 g/mol. The minimum atomic E-state index is -2.56. The lowest BCUT2D eigenvalue weighted by Crippen LogP contribution is -2.38. The Labute approximate surface area is 176 Å². The van der Waals surface area contributed by atoms with Gasteiger partial charge in [0.1, 0.15) is 12.4 Å². The van der Waals surface area contributed by atoms with Crippen molar-refractivity contribution in [2.75, 3.05) is 10.6 Å². The molecule has 31 heavy (non-hydrogen) atoms. The van der Waals surface area contributed by atoms with E-state index in [1.165, 1.54) is 10.9 Å². The average Bonchev–Trinajstić information content (AvgIpc) is 3.10. The fourth-order valence-corrected chi connectivity index (χ4v) is 3.27. The number of rotatable bonds is 9. The molecule has 1 aromatic carbocycles. The smallest absolute Gasteiger partial charge is 0.257 e. The number of carbonyl (C=O) groups excluding carboxylic acids is 1. The molecule has 2 heterocycles. The van der Waals surface area contributed by atoms with Crippen LogP contribution in [0.4, 0.5) is 30.5 Å². The Kier molecular flexibility index (Phi) is 6.64. The predicted molar refractivity (Wildman–Crippen MR) is 113 cm³/mol. The van der Waals surface area contributed by atoms with Gasteiger partial charge in [-0.2, -0.15) is 5.10 Å². The number of nitrogens with one attached hydrogen (secondary N) is 2. The number of halogens is 3. The highest BCUT2D eigenvalue weighted by Crippen LogP contribution is 2.29. The summed E-state index contributed by atoms with van der Waals surface area (Å²) in [6.45, 7) is 3.12. The first-order valence-corrected chi connectivity index (χ1v) is 9.73. The van der Waals surface area contributed by atoms with E-state index in [1.807, 2.05) is 6.92 Å². The highest BCUT2D eigenvalue weighted by molar-refractivity contribution is 6.00. The van der Waals surface area contributed by atoms with E-state index >= 15 is 0 Å². The van der Waals surface area contributed by atoms with Crippen molar-refractivity contribution in [2.45, 2.75) is 45.3 Å². The summed E-state index contributed by atoms with van der Waals surface area (Å²) in [5.74, 6) is -1.69. The lowest BCUT2D eigenvalue weighted by molar-refractivity contribution is 0.1000. The number of nitrogens with zero attached hydrogens (tertiary/aromatic N) is 3. The molecule has 8 nitrogen and oxygen atoms in total. The van der Waals surface area contributed by atoms with Crippen molar-refractivity contribution in [3.63, 3.8) is 0 Å². The SMILES string of the molecule is CC[C@@H](Nc1nc(Nc2cccc3c2cnn3CC(F)F)c(C(N)=O)cc1F)[C@H](C)N. The Bertz CT molecular complexity index is 1080. The second kappa shape index (κ2) is 9.21. The lowest BCUT2D eigenvalue weighted by Gasteiger charge is -2.22. The normalized spacial score (nSPS) is 13.4. The molecule has 0 fully saturated rings. The molecule has 0 radical (unpaired) electrons. The van der Waals surface area contributed by atoms with E-state index in [2.05, 4.69) is 20.7 Å². The first-order valence-electron chi connectivity index (χ1n) is 9.73. The number of hydrogen-bond donors (Lipinski definition) is 4. The third-order valence-electron chi connectivity index (χ3n) is 4.89. The highest BCUT2D eigenvalue weighted by atomic mass is 19.3. The van der Waals surface area contributed by atoms with Gasteiger partial charge >= 0.3 is 0 Å². The monoisotopic (exact) mass is 435 g/mol. The first kappa shape index (κ1) is 22.3. The average molecular weight is 435 g/mol. The Morgan fingerprint density at radius 2 is 2.03 bits per heavy atom. The number of hydrogen-bond acceptors (Lipinski definition) is 6. The van der Waals surface area contributed by atoms with Crippen LogP contribution in [0.2, 0.25) is 0 Å². The van der Waals surface area contributed by atoms with E-state index in [-0.39, 0.29) is 29.3 Å². The molecule has 3 aromatic rings. The Morgan fingerprint density at radius 1 is 1.29 bits per heavy atom. The molecular formula is C20H24F3N7O. The molecule has 6 N–H and O–H groups in total. The number of carbonyl (C=O) groups is 1. The van der Waals surface area contributed by atoms with E-state index in [0.717, 1.165) is 6.07 Å². The number of nitrogens with two attached hydrogens (primary N) is 2. The molecule has 0 saturated carbocycles. The number of pyridine rings is 1. The van der Waals surface area contributed by atoms with Crippen molar-refractivity contribution < 1.29 is 18.0 Å². The maximum absolute atomic E-state index is 14.6. The molecule has 2 atom stereocenters. The zero-order valence-electron chi connectivity index (χ0n) is 17.1. The summed E-state index contributed by atoms with van der Waals surface area (Å²) in [4.78, 5) is 16.1. The van der Waals surface area contributed by atoms with Crippen LogP contribution in [0.25, 0.3) is 10.9 Å². The number of aromatic nitrogens is 3. The quantitative estimate of drug-likeness (QED) is 0.409. The number of fused-ring (bicyclic) bond motifs is 1. The Balaban J connectivity index is 2.03. The van der Waals surface area contributed by atoms with Crippen molar-refractivity contribution >= 4 is 34.1 Å². The van der Waals surface area contributed by atoms with Crippen LogP contribution in [0.5, 0.6) is 0 Å². The molecule has 0 bridgehead atoms. The Morgan fingerprint density at radius 3 is 2.65 bits per heavy atom. The van der Waals surface area contributed by atoms with E-state index in [1.54, 1.807) is 25.1 Å². The molecule has 0 saturated heterocycles. The summed E-state index contributed by atoms with van der Waals surface area (Å²) in [5.41, 5.74) is 12.1. The summed E-state index contributed by atoms with van der Waals surface area (Å²) in [7, 11) is 0. The van der Waals surface area contributed by atoms with Crippen LogP contribution in [-0.4, -0.2) is 39.2 Å². The van der Waals surface area contributed by atoms with E-state index < -0.39 is 24.7 Å². The number of primary amides is 1. The van der Waals surface area contributed by atoms with Crippen LogP contribution in [0.3, 0.4) is 0 Å². The molecule has 0 unspecified atom stereocenters. The van der Waals surface area contributed by atoms with Gasteiger partial charge in [-0.15, -0.1) is 0 Å². The zero-order valence-corrected chi connectivity index (χ0v) is 17.1. The van der Waals surface area contributed by atoms with Gasteiger partial charge in [-0.1, -0.05) is 13.0 Å². The van der Waals surface area contributed by atoms with Crippen molar-refractivity contribution in [1.29, 1.82) is 0 Å². The largest absolute Gasteiger partial charge is 0.365 e. The van der Waals surface area contributed by atoms with Gasteiger partial charge in [0.2, 0.25) is 0 Å². The molecule has 0 aliphatic carbocycles. The van der Waals surface area contributed by atoms with Crippen LogP contribution in [0, 0.1) is 5.82 Å². The van der Waals surface area contributed by atoms with E-state index in [4.69, 9.17) is 11.5 Å². The van der Waals surface area contributed by atoms with Crippen LogP contribution in [0.15, 0.2) is 30.5 Å². The summed E-state index contributed by atoms with van der Waals surface area (Å²) < 4.78 is 41.4. The summed E-state index contributed by atoms with van der Waals surface area (Å²) in [6.07, 6.45) is -0.512. The van der Waals surface area contributed by atoms with Gasteiger partial charge in [0.05, 0.1) is 23.0 Å². The highest BCUT2D eigenvalue weighted by Gasteiger charge is 2.20. The van der Waals surface area contributed by atoms with E-state index in [9.17, 15) is 18.0 Å². The Hall–Kier alpha value is -3.34. The summed E-state index contributed by atoms with van der Waals surface area (Å²) in [5, 5.41) is 10.4. The second-order valence-corrected chi connectivity index (χ2v) is 7.18. The van der Waals surface area contributed by atoms with Crippen LogP contribution in [-0.2, 0) is 6.54 Å². The van der Waals surface area contributed by atoms with E-state index in [0.29, 0.717) is 23.0 Å². The third-order valence-corrected chi connectivity index (χ3v) is 4.89. The van der Waals surface area contributed by atoms with Gasteiger partial charge in [-0.05, 0) is 31.5 Å². The number of alkyl halides is 2. The van der Waals surface area contributed by atoms with Crippen LogP contribution in [0.1, 0.15) is 30.6 Å². The van der Waals surface area contributed by atoms with Gasteiger partial charge in [0.25, 0.3) is 12.3 Å². The van der Waals surface area contributed by atoms with Crippen molar-refractivity contribution in [3.8, 4) is 0 Å². The number of benzene rings is 1. The molecule has 11 heteroatoms. The van der Waals surface area contributed by atoms with Gasteiger partial charge in [-0.25, -0.2) is 18.2 Å².